The predicted molar refractivity (Wildman–Crippen MR) is 201 cm³/mol. The summed E-state index contributed by atoms with van der Waals surface area (Å²) in [5.74, 6) is 0.762. The second kappa shape index (κ2) is 9.89. The van der Waals surface area contributed by atoms with Crippen LogP contribution in [0.4, 0.5) is 0 Å². The highest BCUT2D eigenvalue weighted by atomic mass is 16.3. The van der Waals surface area contributed by atoms with Crippen LogP contribution >= 0.6 is 0 Å². The molecule has 0 unspecified atom stereocenters. The van der Waals surface area contributed by atoms with Crippen LogP contribution in [0.2, 0.25) is 0 Å². The van der Waals surface area contributed by atoms with Gasteiger partial charge in [0.15, 0.2) is 5.82 Å². The molecule has 0 atom stereocenters. The molecular formula is C44H26N4O. The number of aromatic nitrogens is 4. The molecule has 0 amide bonds. The number of nitrogens with zero attached hydrogens (tertiary/aromatic N) is 4. The first kappa shape index (κ1) is 26.4. The van der Waals surface area contributed by atoms with Crippen LogP contribution in [0.5, 0.6) is 0 Å². The van der Waals surface area contributed by atoms with Gasteiger partial charge in [-0.3, -0.25) is 4.57 Å². The summed E-state index contributed by atoms with van der Waals surface area (Å²) in [5, 5.41) is 8.08. The molecule has 0 saturated heterocycles. The zero-order valence-electron chi connectivity index (χ0n) is 26.2. The summed E-state index contributed by atoms with van der Waals surface area (Å²) in [6.45, 7) is 0. The highest BCUT2D eigenvalue weighted by Gasteiger charge is 2.18. The predicted octanol–water partition coefficient (Wildman–Crippen LogP) is 11.4. The number of benzene rings is 7. The van der Waals surface area contributed by atoms with Crippen molar-refractivity contribution in [2.24, 2.45) is 0 Å². The van der Waals surface area contributed by atoms with E-state index in [1.807, 2.05) is 12.3 Å². The molecule has 7 aromatic carbocycles. The van der Waals surface area contributed by atoms with Crippen molar-refractivity contribution < 1.29 is 4.42 Å². The monoisotopic (exact) mass is 626 g/mol. The maximum Gasteiger partial charge on any atom is 0.246 e. The Bertz CT molecular complexity index is 3110. The minimum atomic E-state index is 0.543. The topological polar surface area (TPSA) is 48.8 Å². The van der Waals surface area contributed by atoms with Crippen molar-refractivity contribution in [1.29, 1.82) is 0 Å². The molecule has 5 nitrogen and oxygen atoms in total. The highest BCUT2D eigenvalue weighted by Crippen LogP contribution is 2.38. The number of para-hydroxylation sites is 3. The lowest BCUT2D eigenvalue weighted by Crippen LogP contribution is -1.98. The Kier molecular flexibility index (Phi) is 5.32. The van der Waals surface area contributed by atoms with Crippen LogP contribution in [-0.4, -0.2) is 19.1 Å². The molecule has 11 rings (SSSR count). The number of hydrogen-bond donors (Lipinski definition) is 0. The zero-order chi connectivity index (χ0) is 32.1. The molecule has 0 fully saturated rings. The molecule has 11 aromatic rings. The van der Waals surface area contributed by atoms with E-state index in [1.54, 1.807) is 0 Å². The average Bonchev–Trinajstić information content (AvgIpc) is 3.80. The van der Waals surface area contributed by atoms with E-state index in [0.29, 0.717) is 5.71 Å². The van der Waals surface area contributed by atoms with E-state index in [-0.39, 0.29) is 0 Å². The molecule has 5 heteroatoms. The Morgan fingerprint density at radius 2 is 1.02 bits per heavy atom. The van der Waals surface area contributed by atoms with Gasteiger partial charge in [-0.15, -0.1) is 0 Å². The minimum Gasteiger partial charge on any atom is -0.436 e. The van der Waals surface area contributed by atoms with E-state index >= 15 is 0 Å². The van der Waals surface area contributed by atoms with Gasteiger partial charge in [0.05, 0.1) is 28.3 Å². The van der Waals surface area contributed by atoms with Crippen LogP contribution in [0.25, 0.3) is 99.2 Å². The van der Waals surface area contributed by atoms with Crippen LogP contribution in [0.15, 0.2) is 162 Å². The fourth-order valence-electron chi connectivity index (χ4n) is 7.73. The van der Waals surface area contributed by atoms with Gasteiger partial charge in [-0.2, -0.15) is 0 Å². The van der Waals surface area contributed by atoms with E-state index in [1.165, 1.54) is 43.7 Å². The molecular weight excluding hydrogens is 601 g/mol. The number of rotatable bonds is 3. The molecule has 4 heterocycles. The molecule has 0 spiro atoms. The van der Waals surface area contributed by atoms with E-state index in [2.05, 4.69) is 155 Å². The number of furan rings is 1. The summed E-state index contributed by atoms with van der Waals surface area (Å²) in [4.78, 5) is 9.96. The standard InChI is InChI=1S/C44H26N4O/c1-2-12-31(13-3-1)47-37-16-8-6-14-32(37)34-22-29(18-20-39(34)47)30-19-21-40-35(23-30)33-15-7-9-17-38(33)48(40)42-26-45-44-43(46-42)36-24-27-10-4-5-11-28(27)25-41(36)49-44/h1-26H. The van der Waals surface area contributed by atoms with E-state index < -0.39 is 0 Å². The summed E-state index contributed by atoms with van der Waals surface area (Å²) < 4.78 is 10.7. The first-order valence-electron chi connectivity index (χ1n) is 16.5. The molecule has 0 saturated carbocycles. The SMILES string of the molecule is c1ccc(-n2c3ccccc3c3cc(-c4ccc5c(c4)c4ccccc4n5-c4cnc5oc6cc7ccccc7cc6c5n4)ccc32)cc1. The lowest BCUT2D eigenvalue weighted by Gasteiger charge is -2.09. The quantitative estimate of drug-likeness (QED) is 0.196. The van der Waals surface area contributed by atoms with Gasteiger partial charge < -0.3 is 8.98 Å². The second-order valence-electron chi connectivity index (χ2n) is 12.7. The van der Waals surface area contributed by atoms with Crippen LogP contribution < -0.4 is 0 Å². The van der Waals surface area contributed by atoms with Gasteiger partial charge in [0.25, 0.3) is 0 Å². The van der Waals surface area contributed by atoms with Crippen molar-refractivity contribution >= 4 is 76.6 Å². The van der Waals surface area contributed by atoms with Crippen molar-refractivity contribution in [2.75, 3.05) is 0 Å². The van der Waals surface area contributed by atoms with Crippen molar-refractivity contribution in [3.05, 3.63) is 158 Å². The minimum absolute atomic E-state index is 0.543. The maximum absolute atomic E-state index is 6.17. The zero-order valence-corrected chi connectivity index (χ0v) is 26.2. The third-order valence-corrected chi connectivity index (χ3v) is 9.96. The first-order chi connectivity index (χ1) is 24.3. The van der Waals surface area contributed by atoms with Crippen molar-refractivity contribution in [3.8, 4) is 22.6 Å². The molecule has 228 valence electrons. The Hall–Kier alpha value is -6.72. The Labute approximate surface area is 279 Å². The van der Waals surface area contributed by atoms with Crippen molar-refractivity contribution in [1.82, 2.24) is 19.1 Å². The van der Waals surface area contributed by atoms with Crippen molar-refractivity contribution in [2.45, 2.75) is 0 Å². The van der Waals surface area contributed by atoms with Gasteiger partial charge in [0.2, 0.25) is 5.71 Å². The number of hydrogen-bond acceptors (Lipinski definition) is 3. The van der Waals surface area contributed by atoms with E-state index in [0.717, 1.165) is 49.8 Å². The van der Waals surface area contributed by atoms with Crippen LogP contribution in [-0.2, 0) is 0 Å². The summed E-state index contributed by atoms with van der Waals surface area (Å²) >= 11 is 0. The van der Waals surface area contributed by atoms with Crippen LogP contribution in [0.1, 0.15) is 0 Å². The van der Waals surface area contributed by atoms with E-state index in [9.17, 15) is 0 Å². The first-order valence-corrected chi connectivity index (χ1v) is 16.5. The lowest BCUT2D eigenvalue weighted by molar-refractivity contribution is 0.653. The van der Waals surface area contributed by atoms with Gasteiger partial charge in [0.1, 0.15) is 11.1 Å². The van der Waals surface area contributed by atoms with Gasteiger partial charge in [-0.05, 0) is 82.6 Å². The smallest absolute Gasteiger partial charge is 0.246 e. The molecule has 0 aliphatic carbocycles. The number of fused-ring (bicyclic) bond motifs is 10. The Morgan fingerprint density at radius 3 is 1.73 bits per heavy atom. The maximum atomic E-state index is 6.17. The summed E-state index contributed by atoms with van der Waals surface area (Å²) in [5.41, 5.74) is 10.2. The van der Waals surface area contributed by atoms with Gasteiger partial charge >= 0.3 is 0 Å². The fourth-order valence-corrected chi connectivity index (χ4v) is 7.73. The summed E-state index contributed by atoms with van der Waals surface area (Å²) in [6, 6.07) is 54.0. The molecule has 0 aliphatic rings. The molecule has 0 radical (unpaired) electrons. The summed E-state index contributed by atoms with van der Waals surface area (Å²) in [6.07, 6.45) is 1.82. The van der Waals surface area contributed by atoms with Gasteiger partial charge in [-0.25, -0.2) is 9.97 Å². The molecule has 0 bridgehead atoms. The second-order valence-corrected chi connectivity index (χ2v) is 12.7. The summed E-state index contributed by atoms with van der Waals surface area (Å²) in [7, 11) is 0. The van der Waals surface area contributed by atoms with Crippen molar-refractivity contribution in [3.63, 3.8) is 0 Å². The lowest BCUT2D eigenvalue weighted by atomic mass is 10.0. The average molecular weight is 627 g/mol. The third-order valence-electron chi connectivity index (χ3n) is 9.96. The molecule has 49 heavy (non-hydrogen) atoms. The molecule has 0 N–H and O–H groups in total. The fraction of sp³-hybridized carbons (Fsp3) is 0. The van der Waals surface area contributed by atoms with Gasteiger partial charge in [0, 0.05) is 32.6 Å². The Balaban J connectivity index is 1.10. The van der Waals surface area contributed by atoms with E-state index in [4.69, 9.17) is 14.4 Å². The largest absolute Gasteiger partial charge is 0.436 e. The van der Waals surface area contributed by atoms with Gasteiger partial charge in [-0.1, -0.05) is 91.0 Å². The molecule has 4 aromatic heterocycles. The van der Waals surface area contributed by atoms with Crippen LogP contribution in [0.3, 0.4) is 0 Å². The third kappa shape index (κ3) is 3.81. The Morgan fingerprint density at radius 1 is 0.449 bits per heavy atom. The van der Waals surface area contributed by atoms with Crippen LogP contribution in [0, 0.1) is 0 Å². The molecule has 0 aliphatic heterocycles. The highest BCUT2D eigenvalue weighted by molar-refractivity contribution is 6.13. The normalized spacial score (nSPS) is 12.1.